The molecule has 2 aromatic rings. The monoisotopic (exact) mass is 604 g/mol. The van der Waals surface area contributed by atoms with Crippen molar-refractivity contribution in [1.29, 1.82) is 0 Å². The molecule has 0 bridgehead atoms. The molecule has 0 unspecified atom stereocenters. The van der Waals surface area contributed by atoms with Gasteiger partial charge >= 0.3 is 23.9 Å². The first-order valence-corrected chi connectivity index (χ1v) is 12.0. The number of carbonyl (C=O) groups is 4. The van der Waals surface area contributed by atoms with Crippen molar-refractivity contribution in [1.82, 2.24) is 0 Å². The summed E-state index contributed by atoms with van der Waals surface area (Å²) in [5.41, 5.74) is -0.176. The van der Waals surface area contributed by atoms with Crippen LogP contribution in [0.4, 0.5) is 0 Å². The lowest BCUT2D eigenvalue weighted by Gasteiger charge is -2.16. The third kappa shape index (κ3) is 23.9. The van der Waals surface area contributed by atoms with Crippen LogP contribution in [0.3, 0.4) is 0 Å². The average Bonchev–Trinajstić information content (AvgIpc) is 2.98. The molecule has 10 N–H and O–H groups in total. The summed E-state index contributed by atoms with van der Waals surface area (Å²) in [4.78, 5) is 41.4. The molecule has 0 heterocycles. The largest absolute Gasteiger partial charge is 0.478 e. The molecule has 0 atom stereocenters. The summed E-state index contributed by atoms with van der Waals surface area (Å²) in [6, 6.07) is 10.2. The van der Waals surface area contributed by atoms with Gasteiger partial charge in [0, 0.05) is 5.41 Å². The van der Waals surface area contributed by atoms with Gasteiger partial charge in [0.1, 0.15) is 0 Å². The fraction of sp³-hybridized carbons (Fsp3) is 0.407. The Labute approximate surface area is 242 Å². The summed E-state index contributed by atoms with van der Waals surface area (Å²) in [5, 5.41) is 82.2. The summed E-state index contributed by atoms with van der Waals surface area (Å²) < 4.78 is 4.63. The Hall–Kier alpha value is -3.96. The first-order chi connectivity index (χ1) is 19.7. The Morgan fingerprint density at radius 3 is 1.05 bits per heavy atom. The Morgan fingerprint density at radius 1 is 0.548 bits per heavy atom. The van der Waals surface area contributed by atoms with E-state index in [9.17, 15) is 19.2 Å². The van der Waals surface area contributed by atoms with Crippen molar-refractivity contribution in [3.05, 3.63) is 70.8 Å². The lowest BCUT2D eigenvalue weighted by atomic mass is 9.97. The topological polar surface area (TPSA) is 280 Å². The maximum Gasteiger partial charge on any atom is 0.335 e. The van der Waals surface area contributed by atoms with E-state index in [-0.39, 0.29) is 67.3 Å². The van der Waals surface area contributed by atoms with Crippen LogP contribution in [-0.4, -0.2) is 128 Å². The van der Waals surface area contributed by atoms with Crippen molar-refractivity contribution >= 4 is 23.9 Å². The molecule has 2 aromatic carbocycles. The summed E-state index contributed by atoms with van der Waals surface area (Å²) in [6.07, 6.45) is 0. The molecule has 0 aromatic heterocycles. The normalized spacial score (nSPS) is 9.62. The van der Waals surface area contributed by atoms with Gasteiger partial charge in [-0.15, -0.1) is 0 Å². The zero-order chi connectivity index (χ0) is 33.1. The average molecular weight is 605 g/mol. The van der Waals surface area contributed by atoms with Crippen molar-refractivity contribution in [2.24, 2.45) is 5.41 Å². The number of hydrogen-bond acceptors (Lipinski definition) is 11. The fourth-order valence-electron chi connectivity index (χ4n) is 1.82. The van der Waals surface area contributed by atoms with Gasteiger partial charge in [-0.3, -0.25) is 0 Å². The van der Waals surface area contributed by atoms with E-state index in [2.05, 4.69) is 4.74 Å². The highest BCUT2D eigenvalue weighted by Crippen LogP contribution is 2.10. The fourth-order valence-corrected chi connectivity index (χ4v) is 1.82. The molecule has 0 aliphatic heterocycles. The van der Waals surface area contributed by atoms with Crippen LogP contribution < -0.4 is 0 Å². The number of benzene rings is 2. The van der Waals surface area contributed by atoms with Crippen molar-refractivity contribution in [2.75, 3.05) is 52.9 Å². The zero-order valence-electron chi connectivity index (χ0n) is 23.3. The molecule has 0 saturated heterocycles. The maximum absolute atomic E-state index is 10.4. The third-order valence-electron chi connectivity index (χ3n) is 4.16. The van der Waals surface area contributed by atoms with Gasteiger partial charge in [0.25, 0.3) is 0 Å². The quantitative estimate of drug-likeness (QED) is 0.152. The molecule has 238 valence electrons. The molecular weight excluding hydrogens is 564 g/mol. The second-order valence-corrected chi connectivity index (χ2v) is 8.37. The highest BCUT2D eigenvalue weighted by atomic mass is 16.5. The summed E-state index contributed by atoms with van der Waals surface area (Å²) in [6.45, 7) is 4.13. The third-order valence-corrected chi connectivity index (χ3v) is 4.16. The van der Waals surface area contributed by atoms with Crippen molar-refractivity contribution in [3.8, 4) is 0 Å². The molecule has 0 fully saturated rings. The van der Waals surface area contributed by atoms with Gasteiger partial charge in [-0.25, -0.2) is 19.2 Å². The molecule has 0 aliphatic rings. The lowest BCUT2D eigenvalue weighted by Crippen LogP contribution is -2.20. The van der Waals surface area contributed by atoms with Crippen molar-refractivity contribution in [2.45, 2.75) is 13.8 Å². The molecule has 15 nitrogen and oxygen atoms in total. The van der Waals surface area contributed by atoms with E-state index in [0.29, 0.717) is 13.2 Å². The molecule has 0 spiro atoms. The van der Waals surface area contributed by atoms with Gasteiger partial charge in [-0.2, -0.15) is 0 Å². The number of aliphatic hydroxyl groups excluding tert-OH is 6. The maximum atomic E-state index is 10.4. The van der Waals surface area contributed by atoms with Crippen LogP contribution in [-0.2, 0) is 4.74 Å². The van der Waals surface area contributed by atoms with Crippen LogP contribution in [0.15, 0.2) is 48.5 Å². The van der Waals surface area contributed by atoms with E-state index in [1.807, 2.05) is 0 Å². The molecule has 15 heteroatoms. The first kappa shape index (κ1) is 42.5. The highest BCUT2D eigenvalue weighted by molar-refractivity contribution is 5.93. The molecule has 0 amide bonds. The molecule has 2 rings (SSSR count). The Morgan fingerprint density at radius 2 is 0.857 bits per heavy atom. The zero-order valence-corrected chi connectivity index (χ0v) is 23.3. The van der Waals surface area contributed by atoms with E-state index in [1.165, 1.54) is 42.5 Å². The van der Waals surface area contributed by atoms with E-state index in [4.69, 9.17) is 51.1 Å². The first-order valence-electron chi connectivity index (χ1n) is 12.0. The van der Waals surface area contributed by atoms with Gasteiger partial charge in [-0.1, -0.05) is 19.9 Å². The lowest BCUT2D eigenvalue weighted by molar-refractivity contribution is 0.0650. The van der Waals surface area contributed by atoms with Crippen molar-refractivity contribution < 1.29 is 75.0 Å². The number of aliphatic hydroxyl groups is 6. The number of ether oxygens (including phenoxy) is 1. The van der Waals surface area contributed by atoms with E-state index in [1.54, 1.807) is 13.8 Å². The number of rotatable bonds is 11. The second-order valence-electron chi connectivity index (χ2n) is 8.37. The van der Waals surface area contributed by atoms with E-state index in [0.717, 1.165) is 6.07 Å². The van der Waals surface area contributed by atoms with Crippen LogP contribution >= 0.6 is 0 Å². The van der Waals surface area contributed by atoms with Gasteiger partial charge in [-0.05, 0) is 42.5 Å². The SMILES string of the molecule is CC(C)(CO)CO.O=C(O)c1ccc(C(=O)O)cc1.O=C(O)c1cccc(C(=O)O)c1.OCCO.OCCOCCO. The van der Waals surface area contributed by atoms with E-state index < -0.39 is 23.9 Å². The number of carboxylic acids is 4. The standard InChI is InChI=1S/2C8H6O4.C5H12O2.C4H10O3.C2H6O2/c9-7(10)5-1-2-6(4-3-5)8(11)12;9-7(10)5-2-1-3-6(4-5)8(11)12;1-5(2,3-6)4-7;5-1-3-7-4-2-6;3-1-2-4/h2*1-4H,(H,9,10)(H,11,12);6-7H,3-4H2,1-2H3;5-6H,1-4H2;3-4H,1-2H2. The van der Waals surface area contributed by atoms with Crippen LogP contribution in [0, 0.1) is 5.41 Å². The smallest absolute Gasteiger partial charge is 0.335 e. The molecule has 0 saturated carbocycles. The van der Waals surface area contributed by atoms with Gasteiger partial charge in [0.05, 0.1) is 75.1 Å². The molecule has 0 aliphatic carbocycles. The summed E-state index contributed by atoms with van der Waals surface area (Å²) in [5.74, 6) is -4.38. The van der Waals surface area contributed by atoms with Crippen LogP contribution in [0.5, 0.6) is 0 Å². The van der Waals surface area contributed by atoms with Gasteiger partial charge < -0.3 is 55.8 Å². The van der Waals surface area contributed by atoms with Crippen LogP contribution in [0.25, 0.3) is 0 Å². The Balaban J connectivity index is -0.000000477. The molecular formula is C27H40O15. The minimum atomic E-state index is -1.13. The summed E-state index contributed by atoms with van der Waals surface area (Å²) >= 11 is 0. The number of hydrogen-bond donors (Lipinski definition) is 10. The van der Waals surface area contributed by atoms with Crippen LogP contribution in [0.1, 0.15) is 55.3 Å². The van der Waals surface area contributed by atoms with Crippen LogP contribution in [0.2, 0.25) is 0 Å². The van der Waals surface area contributed by atoms with Gasteiger partial charge in [0.15, 0.2) is 0 Å². The highest BCUT2D eigenvalue weighted by Gasteiger charge is 2.13. The summed E-state index contributed by atoms with van der Waals surface area (Å²) in [7, 11) is 0. The number of carboxylic acid groups (broad SMARTS) is 4. The minimum absolute atomic E-state index is 0.0186. The predicted octanol–water partition coefficient (Wildman–Crippen LogP) is 0.122. The predicted molar refractivity (Wildman–Crippen MR) is 148 cm³/mol. The number of aromatic carboxylic acids is 4. The Bertz CT molecular complexity index is 946. The van der Waals surface area contributed by atoms with Crippen molar-refractivity contribution in [3.63, 3.8) is 0 Å². The minimum Gasteiger partial charge on any atom is -0.478 e. The van der Waals surface area contributed by atoms with E-state index >= 15 is 0 Å². The molecule has 42 heavy (non-hydrogen) atoms. The molecule has 0 radical (unpaired) electrons. The Kier molecular flexibility index (Phi) is 26.3. The second kappa shape index (κ2) is 26.0. The van der Waals surface area contributed by atoms with Gasteiger partial charge in [0.2, 0.25) is 0 Å².